The summed E-state index contributed by atoms with van der Waals surface area (Å²) in [6, 6.07) is 6.82. The Bertz CT molecular complexity index is 954. The van der Waals surface area contributed by atoms with Crippen molar-refractivity contribution in [2.45, 2.75) is 37.6 Å². The Morgan fingerprint density at radius 2 is 1.79 bits per heavy atom. The minimum atomic E-state index is -4.46. The summed E-state index contributed by atoms with van der Waals surface area (Å²) in [6.45, 7) is 2.26. The van der Waals surface area contributed by atoms with E-state index in [4.69, 9.17) is 4.74 Å². The van der Waals surface area contributed by atoms with Crippen molar-refractivity contribution in [1.29, 1.82) is 0 Å². The van der Waals surface area contributed by atoms with Gasteiger partial charge >= 0.3 is 6.18 Å². The molecule has 0 aliphatic heterocycles. The quantitative estimate of drug-likeness (QED) is 0.660. The first-order chi connectivity index (χ1) is 13.4. The van der Waals surface area contributed by atoms with Crippen molar-refractivity contribution >= 4 is 21.7 Å². The van der Waals surface area contributed by atoms with Crippen LogP contribution in [0.4, 0.5) is 19.1 Å². The van der Waals surface area contributed by atoms with Crippen LogP contribution in [0.25, 0.3) is 11.4 Å². The fourth-order valence-corrected chi connectivity index (χ4v) is 3.68. The summed E-state index contributed by atoms with van der Waals surface area (Å²) in [5.74, 6) is -0.810. The number of benzene rings is 1. The largest absolute Gasteiger partial charge is 0.497 e. The lowest BCUT2D eigenvalue weighted by Gasteiger charge is -2.23. The van der Waals surface area contributed by atoms with E-state index in [0.29, 0.717) is 17.1 Å². The molecule has 8 nitrogen and oxygen atoms in total. The van der Waals surface area contributed by atoms with E-state index in [9.17, 15) is 26.4 Å². The van der Waals surface area contributed by atoms with Crippen molar-refractivity contribution < 1.29 is 31.1 Å². The van der Waals surface area contributed by atoms with Crippen molar-refractivity contribution in [2.24, 2.45) is 0 Å². The van der Waals surface area contributed by atoms with Crippen LogP contribution in [-0.2, 0) is 14.6 Å². The third-order valence-corrected chi connectivity index (χ3v) is 6.85. The molecular formula is C17H21F3N4O4S. The smallest absolute Gasteiger partial charge is 0.389 e. The van der Waals surface area contributed by atoms with E-state index in [1.54, 1.807) is 24.3 Å². The number of sulfone groups is 1. The number of nitrogens with zero attached hydrogens (tertiary/aromatic N) is 2. The van der Waals surface area contributed by atoms with Crippen molar-refractivity contribution in [3.63, 3.8) is 0 Å². The summed E-state index contributed by atoms with van der Waals surface area (Å²) in [5.41, 5.74) is 0.651. The first kappa shape index (κ1) is 22.7. The lowest BCUT2D eigenvalue weighted by Crippen LogP contribution is -2.46. The van der Waals surface area contributed by atoms with E-state index in [-0.39, 0.29) is 5.95 Å². The van der Waals surface area contributed by atoms with Gasteiger partial charge in [0.1, 0.15) is 10.5 Å². The number of nitrogens with one attached hydrogen (secondary N) is 2. The van der Waals surface area contributed by atoms with Gasteiger partial charge in [0.15, 0.2) is 15.7 Å². The summed E-state index contributed by atoms with van der Waals surface area (Å²) in [6.07, 6.45) is -6.32. The van der Waals surface area contributed by atoms with Crippen LogP contribution in [-0.4, -0.2) is 53.3 Å². The molecule has 1 heterocycles. The lowest BCUT2D eigenvalue weighted by molar-refractivity contribution is -0.134. The molecular weight excluding hydrogens is 413 g/mol. The van der Waals surface area contributed by atoms with Gasteiger partial charge in [-0.3, -0.25) is 10.1 Å². The number of ether oxygens (including phenoxy) is 1. The second-order valence-corrected chi connectivity index (χ2v) is 9.41. The Balaban J connectivity index is 2.07. The molecule has 2 N–H and O–H groups in total. The highest BCUT2D eigenvalue weighted by molar-refractivity contribution is 7.93. The van der Waals surface area contributed by atoms with Crippen molar-refractivity contribution in [3.05, 3.63) is 24.3 Å². The van der Waals surface area contributed by atoms with Crippen LogP contribution in [0.3, 0.4) is 0 Å². The zero-order valence-corrected chi connectivity index (χ0v) is 16.8. The number of amides is 1. The molecule has 0 aliphatic carbocycles. The van der Waals surface area contributed by atoms with E-state index < -0.39 is 45.3 Å². The van der Waals surface area contributed by atoms with Crippen LogP contribution < -0.4 is 10.1 Å². The van der Waals surface area contributed by atoms with E-state index in [1.165, 1.54) is 7.11 Å². The first-order valence-electron chi connectivity index (χ1n) is 8.53. The second-order valence-electron chi connectivity index (χ2n) is 6.75. The van der Waals surface area contributed by atoms with E-state index in [2.05, 4.69) is 20.5 Å². The average molecular weight is 434 g/mol. The van der Waals surface area contributed by atoms with Gasteiger partial charge in [0.2, 0.25) is 11.9 Å². The van der Waals surface area contributed by atoms with E-state index in [1.807, 2.05) is 0 Å². The molecule has 0 fully saturated rings. The number of anilines is 1. The number of aromatic nitrogens is 3. The van der Waals surface area contributed by atoms with Gasteiger partial charge in [0.05, 0.1) is 12.9 Å². The highest BCUT2D eigenvalue weighted by Crippen LogP contribution is 2.26. The Morgan fingerprint density at radius 3 is 2.34 bits per heavy atom. The maximum absolute atomic E-state index is 12.5. The standard InChI is InChI=1S/C17H21F3N4O4S/c1-16(2,29(26,27)10-4-9-17(18,19)20)14(25)22-15-21-13(23-24-15)11-5-7-12(28-3)8-6-11/h5-8H,4,9-10H2,1-3H3,(H2,21,22,23,24,25). The summed E-state index contributed by atoms with van der Waals surface area (Å²) in [7, 11) is -2.62. The molecule has 0 saturated carbocycles. The molecule has 2 rings (SSSR count). The van der Waals surface area contributed by atoms with E-state index in [0.717, 1.165) is 13.8 Å². The fraction of sp³-hybridized carbons (Fsp3) is 0.471. The minimum Gasteiger partial charge on any atom is -0.497 e. The highest BCUT2D eigenvalue weighted by Gasteiger charge is 2.42. The zero-order valence-electron chi connectivity index (χ0n) is 16.0. The predicted octanol–water partition coefficient (Wildman–Crippen LogP) is 2.95. The number of rotatable bonds is 8. The lowest BCUT2D eigenvalue weighted by atomic mass is 10.2. The number of methoxy groups -OCH3 is 1. The molecule has 1 aromatic heterocycles. The normalized spacial score (nSPS) is 12.6. The molecule has 0 spiro atoms. The number of alkyl halides is 3. The fourth-order valence-electron chi connectivity index (χ4n) is 2.31. The third-order valence-electron chi connectivity index (χ3n) is 4.28. The molecule has 1 aromatic carbocycles. The Kier molecular flexibility index (Phi) is 6.56. The maximum atomic E-state index is 12.5. The Labute approximate surface area is 165 Å². The van der Waals surface area contributed by atoms with Gasteiger partial charge in [-0.2, -0.15) is 13.2 Å². The molecule has 0 atom stereocenters. The van der Waals surface area contributed by atoms with Gasteiger partial charge in [-0.05, 0) is 44.5 Å². The number of carbonyl (C=O) groups is 1. The van der Waals surface area contributed by atoms with Gasteiger partial charge in [-0.25, -0.2) is 8.42 Å². The molecule has 160 valence electrons. The zero-order chi connectivity index (χ0) is 21.9. The third kappa shape index (κ3) is 5.68. The minimum absolute atomic E-state index is 0.0839. The molecule has 0 aliphatic rings. The molecule has 0 saturated heterocycles. The SMILES string of the molecule is COc1ccc(-c2nnc(NC(=O)C(C)(C)S(=O)(=O)CCCC(F)(F)F)[nH]2)cc1. The number of halogens is 3. The van der Waals surface area contributed by atoms with Gasteiger partial charge in [0.25, 0.3) is 0 Å². The predicted molar refractivity (Wildman–Crippen MR) is 100 cm³/mol. The molecule has 0 radical (unpaired) electrons. The maximum Gasteiger partial charge on any atom is 0.389 e. The number of hydrogen-bond acceptors (Lipinski definition) is 6. The average Bonchev–Trinajstić information content (AvgIpc) is 3.08. The summed E-state index contributed by atoms with van der Waals surface area (Å²) < 4.78 is 64.6. The van der Waals surface area contributed by atoms with E-state index >= 15 is 0 Å². The number of carbonyl (C=O) groups excluding carboxylic acids is 1. The number of aromatic amines is 1. The van der Waals surface area contributed by atoms with Gasteiger partial charge in [-0.15, -0.1) is 10.2 Å². The molecule has 1 amide bonds. The van der Waals surface area contributed by atoms with Crippen LogP contribution in [0.5, 0.6) is 5.75 Å². The summed E-state index contributed by atoms with van der Waals surface area (Å²) >= 11 is 0. The molecule has 0 bridgehead atoms. The van der Waals surface area contributed by atoms with Gasteiger partial charge < -0.3 is 9.72 Å². The van der Waals surface area contributed by atoms with Gasteiger partial charge in [0, 0.05) is 12.0 Å². The van der Waals surface area contributed by atoms with Crippen LogP contribution in [0, 0.1) is 0 Å². The molecule has 12 heteroatoms. The molecule has 2 aromatic rings. The summed E-state index contributed by atoms with van der Waals surface area (Å²) in [4.78, 5) is 15.2. The van der Waals surface area contributed by atoms with Crippen molar-refractivity contribution in [2.75, 3.05) is 18.2 Å². The topological polar surface area (TPSA) is 114 Å². The van der Waals surface area contributed by atoms with Crippen molar-refractivity contribution in [1.82, 2.24) is 15.2 Å². The highest BCUT2D eigenvalue weighted by atomic mass is 32.2. The van der Waals surface area contributed by atoms with Gasteiger partial charge in [-0.1, -0.05) is 0 Å². The van der Waals surface area contributed by atoms with Crippen LogP contribution in [0.2, 0.25) is 0 Å². The molecule has 29 heavy (non-hydrogen) atoms. The van der Waals surface area contributed by atoms with Crippen LogP contribution in [0.15, 0.2) is 24.3 Å². The van der Waals surface area contributed by atoms with Crippen LogP contribution >= 0.6 is 0 Å². The van der Waals surface area contributed by atoms with Crippen molar-refractivity contribution in [3.8, 4) is 17.1 Å². The number of H-pyrrole nitrogens is 1. The monoisotopic (exact) mass is 434 g/mol. The van der Waals surface area contributed by atoms with Crippen LogP contribution in [0.1, 0.15) is 26.7 Å². The Hall–Kier alpha value is -2.63. The second kappa shape index (κ2) is 8.39. The Morgan fingerprint density at radius 1 is 1.17 bits per heavy atom. The first-order valence-corrected chi connectivity index (χ1v) is 10.2. The summed E-state index contributed by atoms with van der Waals surface area (Å²) in [5, 5.41) is 9.95. The molecule has 0 unspecified atom stereocenters. The number of hydrogen-bond donors (Lipinski definition) is 2.